The molecule has 0 spiro atoms. The van der Waals surface area contributed by atoms with Crippen molar-refractivity contribution >= 4 is 37.9 Å². The molecule has 0 radical (unpaired) electrons. The van der Waals surface area contributed by atoms with E-state index < -0.39 is 10.2 Å². The molecular weight excluding hydrogens is 456 g/mol. The lowest BCUT2D eigenvalue weighted by molar-refractivity contribution is -0.768. The molecule has 1 saturated heterocycles. The van der Waals surface area contributed by atoms with Gasteiger partial charge in [-0.05, 0) is 6.42 Å². The van der Waals surface area contributed by atoms with Gasteiger partial charge in [-0.2, -0.15) is 17.0 Å². The van der Waals surface area contributed by atoms with Crippen LogP contribution in [0.1, 0.15) is 26.7 Å². The molecule has 1 aliphatic rings. The number of methoxy groups -OCH3 is 1. The van der Waals surface area contributed by atoms with Crippen molar-refractivity contribution in [2.24, 2.45) is 0 Å². The summed E-state index contributed by atoms with van der Waals surface area (Å²) in [5.74, 6) is 0.0109. The van der Waals surface area contributed by atoms with Crippen LogP contribution in [-0.4, -0.2) is 81.2 Å². The second kappa shape index (κ2) is 10.5. The lowest BCUT2D eigenvalue weighted by Gasteiger charge is -2.32. The van der Waals surface area contributed by atoms with E-state index in [1.54, 1.807) is 7.11 Å². The first-order valence-corrected chi connectivity index (χ1v) is 11.4. The maximum Gasteiger partial charge on any atom is 0.372 e. The number of aromatic nitrogens is 2. The average Bonchev–Trinajstić information content (AvgIpc) is 3.03. The first-order valence-electron chi connectivity index (χ1n) is 9.21. The van der Waals surface area contributed by atoms with Crippen LogP contribution in [0.5, 0.6) is 0 Å². The van der Waals surface area contributed by atoms with Gasteiger partial charge in [-0.25, -0.2) is 0 Å². The van der Waals surface area contributed by atoms with E-state index in [1.165, 1.54) is 13.4 Å². The van der Waals surface area contributed by atoms with Crippen molar-refractivity contribution in [2.75, 3.05) is 63.3 Å². The quantitative estimate of drug-likeness (QED) is 0.366. The molecule has 2 heterocycles. The smallest absolute Gasteiger partial charge is 0.372 e. The molecule has 0 aliphatic carbocycles. The van der Waals surface area contributed by atoms with E-state index in [-0.39, 0.29) is 11.8 Å². The number of carbonyl (C=O) groups excluding carboxylic acids is 1. The van der Waals surface area contributed by atoms with Crippen LogP contribution in [0.2, 0.25) is 0 Å². The lowest BCUT2D eigenvalue weighted by atomic mass is 10.3. The van der Waals surface area contributed by atoms with Crippen molar-refractivity contribution in [3.05, 3.63) is 4.60 Å². The summed E-state index contributed by atoms with van der Waals surface area (Å²) in [4.78, 5) is 13.4. The Balaban J connectivity index is 1.96. The summed E-state index contributed by atoms with van der Waals surface area (Å²) in [5.41, 5.74) is 0. The maximum absolute atomic E-state index is 12.6. The standard InChI is InChI=1S/C15H27BrN6O5S/c1-4-20(5-2)28(24,25)21-10-8-19(9-11-21)22-14(16)15(27-18-22)17-13(23)7-6-12-26-3/h4-12H2,1-3H3/p+1. The fourth-order valence-corrected chi connectivity index (χ4v) is 4.94. The van der Waals surface area contributed by atoms with E-state index in [0.717, 1.165) is 0 Å². The Morgan fingerprint density at radius 1 is 1.32 bits per heavy atom. The number of carbonyl (C=O) groups is 1. The van der Waals surface area contributed by atoms with Crippen LogP contribution >= 0.6 is 15.9 Å². The largest absolute Gasteiger partial charge is 0.385 e. The molecular formula is C15H28BrN6O5S+. The Morgan fingerprint density at radius 2 is 1.96 bits per heavy atom. The zero-order chi connectivity index (χ0) is 20.7. The minimum atomic E-state index is -3.45. The highest BCUT2D eigenvalue weighted by atomic mass is 79.9. The summed E-state index contributed by atoms with van der Waals surface area (Å²) in [6.07, 6.45) is 0.917. The van der Waals surface area contributed by atoms with Gasteiger partial charge in [-0.3, -0.25) is 14.6 Å². The van der Waals surface area contributed by atoms with E-state index in [0.29, 0.717) is 63.3 Å². The predicted molar refractivity (Wildman–Crippen MR) is 106 cm³/mol. The van der Waals surface area contributed by atoms with E-state index in [1.807, 2.05) is 18.9 Å². The Hall–Kier alpha value is -1.28. The molecule has 1 aromatic heterocycles. The van der Waals surface area contributed by atoms with Gasteiger partial charge in [0.05, 0.1) is 17.9 Å². The number of nitrogens with zero attached hydrogens (tertiary/aromatic N) is 5. The van der Waals surface area contributed by atoms with Crippen LogP contribution in [0, 0.1) is 0 Å². The third kappa shape index (κ3) is 5.41. The molecule has 11 nitrogen and oxygen atoms in total. The molecule has 0 saturated carbocycles. The van der Waals surface area contributed by atoms with Crippen molar-refractivity contribution < 1.29 is 27.3 Å². The average molecular weight is 484 g/mol. The van der Waals surface area contributed by atoms with Gasteiger partial charge < -0.3 is 4.74 Å². The van der Waals surface area contributed by atoms with Gasteiger partial charge in [-0.15, -0.1) is 5.01 Å². The van der Waals surface area contributed by atoms with Gasteiger partial charge in [0.25, 0.3) is 10.2 Å². The van der Waals surface area contributed by atoms with Gasteiger partial charge in [0.15, 0.2) is 0 Å². The molecule has 2 rings (SSSR count). The SMILES string of the molecule is CCN(CC)S(=O)(=O)N1CCN([n+]2noc(NC(=O)CCCOC)c2Br)CC1. The number of ether oxygens (including phenoxy) is 1. The van der Waals surface area contributed by atoms with Gasteiger partial charge in [0, 0.05) is 62.2 Å². The molecule has 0 bridgehead atoms. The van der Waals surface area contributed by atoms with Crippen molar-refractivity contribution in [3.8, 4) is 0 Å². The number of anilines is 1. The van der Waals surface area contributed by atoms with E-state index in [9.17, 15) is 13.2 Å². The third-order valence-electron chi connectivity index (χ3n) is 4.42. The summed E-state index contributed by atoms with van der Waals surface area (Å²) in [6, 6.07) is 0. The molecule has 0 aromatic carbocycles. The Labute approximate surface area is 173 Å². The van der Waals surface area contributed by atoms with E-state index >= 15 is 0 Å². The molecule has 13 heteroatoms. The van der Waals surface area contributed by atoms with Crippen molar-refractivity contribution in [3.63, 3.8) is 0 Å². The predicted octanol–water partition coefficient (Wildman–Crippen LogP) is -0.0701. The van der Waals surface area contributed by atoms with Crippen molar-refractivity contribution in [1.82, 2.24) is 13.9 Å². The van der Waals surface area contributed by atoms with E-state index in [4.69, 9.17) is 9.26 Å². The van der Waals surface area contributed by atoms with Crippen molar-refractivity contribution in [1.29, 1.82) is 0 Å². The number of halogens is 1. The highest BCUT2D eigenvalue weighted by Crippen LogP contribution is 2.18. The number of piperazine rings is 1. The Morgan fingerprint density at radius 3 is 2.54 bits per heavy atom. The molecule has 1 aliphatic heterocycles. The molecule has 28 heavy (non-hydrogen) atoms. The minimum absolute atomic E-state index is 0.198. The molecule has 1 N–H and O–H groups in total. The molecule has 1 fully saturated rings. The number of amides is 1. The van der Waals surface area contributed by atoms with Crippen LogP contribution in [0.15, 0.2) is 9.13 Å². The van der Waals surface area contributed by atoms with Crippen molar-refractivity contribution in [2.45, 2.75) is 26.7 Å². The summed E-state index contributed by atoms with van der Waals surface area (Å²) < 4.78 is 38.8. The highest BCUT2D eigenvalue weighted by molar-refractivity contribution is 9.10. The van der Waals surface area contributed by atoms with Crippen LogP contribution in [0.3, 0.4) is 0 Å². The summed E-state index contributed by atoms with van der Waals surface area (Å²) in [7, 11) is -1.87. The van der Waals surface area contributed by atoms with Gasteiger partial charge in [0.1, 0.15) is 0 Å². The molecule has 160 valence electrons. The summed E-state index contributed by atoms with van der Waals surface area (Å²) in [5, 5.41) is 8.46. The Bertz CT molecular complexity index is 746. The first-order chi connectivity index (χ1) is 13.3. The highest BCUT2D eigenvalue weighted by Gasteiger charge is 2.36. The normalized spacial score (nSPS) is 16.0. The topological polar surface area (TPSA) is 112 Å². The van der Waals surface area contributed by atoms with Crippen LogP contribution in [0.25, 0.3) is 0 Å². The lowest BCUT2D eigenvalue weighted by Crippen LogP contribution is -2.67. The number of rotatable bonds is 10. The first kappa shape index (κ1) is 23.0. The molecule has 1 aromatic rings. The van der Waals surface area contributed by atoms with Gasteiger partial charge in [0.2, 0.25) is 11.2 Å². The second-order valence-corrected chi connectivity index (χ2v) is 8.85. The van der Waals surface area contributed by atoms with Crippen LogP contribution in [0.4, 0.5) is 5.88 Å². The number of nitrogens with one attached hydrogen (secondary N) is 1. The minimum Gasteiger partial charge on any atom is -0.385 e. The van der Waals surface area contributed by atoms with E-state index in [2.05, 4.69) is 26.5 Å². The summed E-state index contributed by atoms with van der Waals surface area (Å²) in [6.45, 7) is 6.59. The second-order valence-electron chi connectivity index (χ2n) is 6.17. The maximum atomic E-state index is 12.6. The third-order valence-corrected chi connectivity index (χ3v) is 7.28. The number of hydrogen-bond acceptors (Lipinski definition) is 7. The van der Waals surface area contributed by atoms with Crippen LogP contribution < -0.4 is 15.1 Å². The van der Waals surface area contributed by atoms with Gasteiger partial charge >= 0.3 is 10.5 Å². The zero-order valence-corrected chi connectivity index (χ0v) is 18.8. The Kier molecular flexibility index (Phi) is 8.61. The molecule has 0 atom stereocenters. The van der Waals surface area contributed by atoms with Gasteiger partial charge in [-0.1, -0.05) is 13.8 Å². The fourth-order valence-electron chi connectivity index (χ4n) is 2.87. The fraction of sp³-hybridized carbons (Fsp3) is 0.800. The molecule has 0 unspecified atom stereocenters. The monoisotopic (exact) mass is 483 g/mol. The molecule has 1 amide bonds. The zero-order valence-electron chi connectivity index (χ0n) is 16.4. The number of hydrogen-bond donors (Lipinski definition) is 1. The van der Waals surface area contributed by atoms with Crippen LogP contribution in [-0.2, 0) is 19.7 Å². The summed E-state index contributed by atoms with van der Waals surface area (Å²) >= 11 is 3.38.